The third kappa shape index (κ3) is 4.14. The first kappa shape index (κ1) is 16.1. The number of alkyl halides is 3. The van der Waals surface area contributed by atoms with Crippen LogP contribution in [0.4, 0.5) is 17.6 Å². The lowest BCUT2D eigenvalue weighted by Crippen LogP contribution is -2.40. The van der Waals surface area contributed by atoms with Crippen LogP contribution in [0.3, 0.4) is 0 Å². The molecule has 0 radical (unpaired) electrons. The summed E-state index contributed by atoms with van der Waals surface area (Å²) in [5.41, 5.74) is 5.05. The maximum absolute atomic E-state index is 12.7. The Kier molecular flexibility index (Phi) is 5.87. The predicted molar refractivity (Wildman–Crippen MR) is 57.5 cm³/mol. The Bertz CT molecular complexity index is 341. The largest absolute Gasteiger partial charge is 0.397 e. The van der Waals surface area contributed by atoms with Gasteiger partial charge in [-0.05, 0) is 17.7 Å². The molecule has 0 aliphatic rings. The van der Waals surface area contributed by atoms with Crippen molar-refractivity contribution in [2.45, 2.75) is 18.1 Å². The first-order valence-corrected chi connectivity index (χ1v) is 4.55. The molecule has 2 unspecified atom stereocenters. The molecule has 1 aromatic rings. The van der Waals surface area contributed by atoms with Crippen LogP contribution in [-0.2, 0) is 0 Å². The molecule has 0 heterocycles. The molecule has 0 fully saturated rings. The number of rotatable bonds is 3. The van der Waals surface area contributed by atoms with Gasteiger partial charge in [0.15, 0.2) is 0 Å². The Morgan fingerprint density at radius 2 is 1.65 bits per heavy atom. The first-order chi connectivity index (χ1) is 7.36. The van der Waals surface area contributed by atoms with Crippen LogP contribution in [0.25, 0.3) is 0 Å². The van der Waals surface area contributed by atoms with E-state index < -0.39 is 30.6 Å². The number of hydrogen-bond acceptors (Lipinski definition) is 2. The van der Waals surface area contributed by atoms with Gasteiger partial charge in [-0.15, -0.1) is 12.4 Å². The number of hydrogen-bond donors (Lipinski definition) is 2. The summed E-state index contributed by atoms with van der Waals surface area (Å²) in [6, 6.07) is 2.44. The van der Waals surface area contributed by atoms with Gasteiger partial charge < -0.3 is 10.8 Å². The monoisotopic (exact) mass is 273 g/mol. The lowest BCUT2D eigenvalue weighted by molar-refractivity contribution is -0.157. The number of nitrogens with two attached hydrogens (primary N) is 1. The molecule has 2 nitrogen and oxygen atoms in total. The van der Waals surface area contributed by atoms with Gasteiger partial charge in [0.1, 0.15) is 5.82 Å². The average Bonchev–Trinajstić information content (AvgIpc) is 2.19. The molecule has 0 spiro atoms. The molecule has 7 heteroatoms. The van der Waals surface area contributed by atoms with E-state index in [1.807, 2.05) is 0 Å². The minimum Gasteiger partial charge on any atom is -0.395 e. The van der Waals surface area contributed by atoms with Crippen LogP contribution >= 0.6 is 12.4 Å². The fraction of sp³-hybridized carbons (Fsp3) is 0.400. The van der Waals surface area contributed by atoms with Gasteiger partial charge in [-0.1, -0.05) is 12.1 Å². The van der Waals surface area contributed by atoms with E-state index in [-0.39, 0.29) is 18.0 Å². The SMILES string of the molecule is Cl.NC(CO)C(c1ccc(F)cc1)C(F)(F)F. The minimum atomic E-state index is -4.57. The molecule has 0 aliphatic heterocycles. The van der Waals surface area contributed by atoms with Crippen LogP contribution in [0, 0.1) is 5.82 Å². The summed E-state index contributed by atoms with van der Waals surface area (Å²) >= 11 is 0. The summed E-state index contributed by atoms with van der Waals surface area (Å²) in [4.78, 5) is 0. The van der Waals surface area contributed by atoms with Crippen LogP contribution < -0.4 is 5.73 Å². The highest BCUT2D eigenvalue weighted by Crippen LogP contribution is 2.36. The van der Waals surface area contributed by atoms with E-state index in [1.54, 1.807) is 0 Å². The molecule has 0 aliphatic carbocycles. The van der Waals surface area contributed by atoms with Gasteiger partial charge in [0.25, 0.3) is 0 Å². The van der Waals surface area contributed by atoms with E-state index in [9.17, 15) is 17.6 Å². The molecule has 17 heavy (non-hydrogen) atoms. The van der Waals surface area contributed by atoms with Crippen molar-refractivity contribution in [2.75, 3.05) is 6.61 Å². The van der Waals surface area contributed by atoms with E-state index in [2.05, 4.69) is 0 Å². The van der Waals surface area contributed by atoms with Gasteiger partial charge in [0.2, 0.25) is 0 Å². The van der Waals surface area contributed by atoms with Gasteiger partial charge in [-0.2, -0.15) is 13.2 Å². The van der Waals surface area contributed by atoms with Gasteiger partial charge in [-0.25, -0.2) is 4.39 Å². The minimum absolute atomic E-state index is 0. The second-order valence-electron chi connectivity index (χ2n) is 3.42. The Balaban J connectivity index is 0.00000256. The summed E-state index contributed by atoms with van der Waals surface area (Å²) in [6.07, 6.45) is -4.57. The van der Waals surface area contributed by atoms with Gasteiger partial charge in [0, 0.05) is 6.04 Å². The molecule has 1 rings (SSSR count). The Labute approximate surface area is 102 Å². The number of benzene rings is 1. The van der Waals surface area contributed by atoms with Crippen LogP contribution in [0.1, 0.15) is 11.5 Å². The van der Waals surface area contributed by atoms with Crippen LogP contribution in [0.5, 0.6) is 0 Å². The zero-order valence-corrected chi connectivity index (χ0v) is 9.43. The summed E-state index contributed by atoms with van der Waals surface area (Å²) in [5.74, 6) is -2.61. The Morgan fingerprint density at radius 1 is 1.18 bits per heavy atom. The molecule has 0 saturated heterocycles. The molecule has 1 aromatic carbocycles. The summed E-state index contributed by atoms with van der Waals surface area (Å²) in [5, 5.41) is 8.69. The first-order valence-electron chi connectivity index (χ1n) is 4.55. The summed E-state index contributed by atoms with van der Waals surface area (Å²) in [7, 11) is 0. The Morgan fingerprint density at radius 3 is 2.00 bits per heavy atom. The average molecular weight is 274 g/mol. The number of aliphatic hydroxyl groups is 1. The van der Waals surface area contributed by atoms with Crippen molar-refractivity contribution in [3.63, 3.8) is 0 Å². The second-order valence-corrected chi connectivity index (χ2v) is 3.42. The van der Waals surface area contributed by atoms with Crippen molar-refractivity contribution in [2.24, 2.45) is 5.73 Å². The number of aliphatic hydroxyl groups excluding tert-OH is 1. The lowest BCUT2D eigenvalue weighted by atomic mass is 9.92. The molecule has 0 saturated carbocycles. The van der Waals surface area contributed by atoms with Crippen molar-refractivity contribution in [1.82, 2.24) is 0 Å². The molecule has 0 aromatic heterocycles. The van der Waals surface area contributed by atoms with Crippen molar-refractivity contribution < 1.29 is 22.7 Å². The van der Waals surface area contributed by atoms with E-state index in [1.165, 1.54) is 0 Å². The van der Waals surface area contributed by atoms with Gasteiger partial charge >= 0.3 is 6.18 Å². The molecule has 0 bridgehead atoms. The van der Waals surface area contributed by atoms with Crippen LogP contribution in [-0.4, -0.2) is 23.9 Å². The summed E-state index contributed by atoms with van der Waals surface area (Å²) < 4.78 is 50.5. The Hall–Kier alpha value is -0.850. The van der Waals surface area contributed by atoms with Crippen LogP contribution in [0.15, 0.2) is 24.3 Å². The summed E-state index contributed by atoms with van der Waals surface area (Å²) in [6.45, 7) is -0.790. The zero-order chi connectivity index (χ0) is 12.3. The van der Waals surface area contributed by atoms with Crippen LogP contribution in [0.2, 0.25) is 0 Å². The van der Waals surface area contributed by atoms with E-state index in [0.29, 0.717) is 0 Å². The third-order valence-corrected chi connectivity index (χ3v) is 2.22. The lowest BCUT2D eigenvalue weighted by Gasteiger charge is -2.25. The quantitative estimate of drug-likeness (QED) is 0.830. The molecule has 3 N–H and O–H groups in total. The van der Waals surface area contributed by atoms with Crippen molar-refractivity contribution in [3.05, 3.63) is 35.6 Å². The van der Waals surface area contributed by atoms with E-state index in [4.69, 9.17) is 10.8 Å². The molecule has 0 amide bonds. The second kappa shape index (κ2) is 6.18. The predicted octanol–water partition coefficient (Wildman–Crippen LogP) is 2.21. The fourth-order valence-corrected chi connectivity index (χ4v) is 1.45. The fourth-order valence-electron chi connectivity index (χ4n) is 1.45. The standard InChI is InChI=1S/C10H11F4NO.ClH/c11-7-3-1-6(2-4-7)9(8(15)5-16)10(12,13)14;/h1-4,8-9,16H,5,15H2;1H. The van der Waals surface area contributed by atoms with E-state index in [0.717, 1.165) is 24.3 Å². The molecular formula is C10H12ClF4NO. The highest BCUT2D eigenvalue weighted by molar-refractivity contribution is 5.85. The molecule has 98 valence electrons. The van der Waals surface area contributed by atoms with Gasteiger partial charge in [0.05, 0.1) is 12.5 Å². The highest BCUT2D eigenvalue weighted by atomic mass is 35.5. The van der Waals surface area contributed by atoms with Gasteiger partial charge in [-0.3, -0.25) is 0 Å². The maximum Gasteiger partial charge on any atom is 0.397 e. The molecule has 2 atom stereocenters. The van der Waals surface area contributed by atoms with Crippen molar-refractivity contribution in [1.29, 1.82) is 0 Å². The molecular weight excluding hydrogens is 262 g/mol. The smallest absolute Gasteiger partial charge is 0.395 e. The van der Waals surface area contributed by atoms with Crippen molar-refractivity contribution >= 4 is 12.4 Å². The maximum atomic E-state index is 12.7. The topological polar surface area (TPSA) is 46.2 Å². The van der Waals surface area contributed by atoms with Crippen molar-refractivity contribution in [3.8, 4) is 0 Å². The normalized spacial score (nSPS) is 14.9. The number of halogens is 5. The highest BCUT2D eigenvalue weighted by Gasteiger charge is 2.44. The third-order valence-electron chi connectivity index (χ3n) is 2.22. The van der Waals surface area contributed by atoms with E-state index >= 15 is 0 Å². The zero-order valence-electron chi connectivity index (χ0n) is 8.62.